The normalized spacial score (nSPS) is 24.3. The molecule has 1 atom stereocenters. The van der Waals surface area contributed by atoms with Gasteiger partial charge in [-0.3, -0.25) is 0 Å². The number of nitrogens with zero attached hydrogens (tertiary/aromatic N) is 1. The first-order chi connectivity index (χ1) is 9.07. The molecule has 3 N–H and O–H groups in total. The molecule has 1 saturated heterocycles. The second-order valence-electron chi connectivity index (χ2n) is 5.50. The van der Waals surface area contributed by atoms with Gasteiger partial charge in [0.2, 0.25) is 0 Å². The molecule has 1 aliphatic rings. The Hall–Kier alpha value is -0.710. The van der Waals surface area contributed by atoms with Crippen LogP contribution in [0.1, 0.15) is 31.7 Å². The van der Waals surface area contributed by atoms with Crippen molar-refractivity contribution in [2.75, 3.05) is 24.2 Å². The van der Waals surface area contributed by atoms with Crippen LogP contribution in [0.5, 0.6) is 0 Å². The van der Waals surface area contributed by atoms with Gasteiger partial charge in [0.15, 0.2) is 0 Å². The first-order valence-electron chi connectivity index (χ1n) is 6.90. The monoisotopic (exact) mass is 280 g/mol. The molecule has 106 valence electrons. The molecule has 0 radical (unpaired) electrons. The highest BCUT2D eigenvalue weighted by atomic mass is 32.2. The van der Waals surface area contributed by atoms with E-state index >= 15 is 0 Å². The molecule has 1 fully saturated rings. The van der Waals surface area contributed by atoms with Crippen LogP contribution in [0.3, 0.4) is 0 Å². The summed E-state index contributed by atoms with van der Waals surface area (Å²) in [5.41, 5.74) is 7.89. The summed E-state index contributed by atoms with van der Waals surface area (Å²) in [6.45, 7) is 4.41. The van der Waals surface area contributed by atoms with E-state index in [1.54, 1.807) is 11.8 Å². The molecule has 0 aliphatic carbocycles. The fourth-order valence-corrected chi connectivity index (χ4v) is 3.40. The van der Waals surface area contributed by atoms with Crippen molar-refractivity contribution in [2.24, 2.45) is 5.73 Å². The van der Waals surface area contributed by atoms with E-state index in [0.29, 0.717) is 6.54 Å². The van der Waals surface area contributed by atoms with Crippen LogP contribution < -0.4 is 10.6 Å². The van der Waals surface area contributed by atoms with Gasteiger partial charge in [-0.15, -0.1) is 11.8 Å². The fraction of sp³-hybridized carbons (Fsp3) is 0.600. The summed E-state index contributed by atoms with van der Waals surface area (Å²) in [6, 6.07) is 6.38. The third kappa shape index (κ3) is 3.44. The Morgan fingerprint density at radius 1 is 1.37 bits per heavy atom. The van der Waals surface area contributed by atoms with Crippen LogP contribution in [0.4, 0.5) is 5.69 Å². The predicted octanol–water partition coefficient (Wildman–Crippen LogP) is 2.61. The van der Waals surface area contributed by atoms with Gasteiger partial charge in [-0.2, -0.15) is 0 Å². The molecule has 0 spiro atoms. The SMILES string of the molecule is CSc1cccc(N2CCCC(C)(O)CC2)c1CN. The van der Waals surface area contributed by atoms with Crippen molar-refractivity contribution in [1.29, 1.82) is 0 Å². The van der Waals surface area contributed by atoms with Gasteiger partial charge in [0.25, 0.3) is 0 Å². The second-order valence-corrected chi connectivity index (χ2v) is 6.35. The molecule has 4 heteroatoms. The summed E-state index contributed by atoms with van der Waals surface area (Å²) in [7, 11) is 0. The summed E-state index contributed by atoms with van der Waals surface area (Å²) in [6.07, 6.45) is 4.82. The molecule has 0 saturated carbocycles. The minimum atomic E-state index is -0.519. The lowest BCUT2D eigenvalue weighted by Crippen LogP contribution is -2.29. The van der Waals surface area contributed by atoms with Gasteiger partial charge in [0, 0.05) is 35.8 Å². The summed E-state index contributed by atoms with van der Waals surface area (Å²) in [5.74, 6) is 0. The van der Waals surface area contributed by atoms with Crippen molar-refractivity contribution in [2.45, 2.75) is 43.2 Å². The molecule has 1 aromatic rings. The van der Waals surface area contributed by atoms with Crippen molar-refractivity contribution >= 4 is 17.4 Å². The van der Waals surface area contributed by atoms with E-state index < -0.39 is 5.60 Å². The van der Waals surface area contributed by atoms with E-state index in [1.165, 1.54) is 16.1 Å². The second kappa shape index (κ2) is 6.16. The van der Waals surface area contributed by atoms with Crippen LogP contribution in [-0.2, 0) is 6.54 Å². The number of thioether (sulfide) groups is 1. The van der Waals surface area contributed by atoms with E-state index in [4.69, 9.17) is 5.73 Å². The number of rotatable bonds is 3. The van der Waals surface area contributed by atoms with Crippen LogP contribution in [0.2, 0.25) is 0 Å². The van der Waals surface area contributed by atoms with E-state index in [2.05, 4.69) is 29.4 Å². The number of hydrogen-bond donors (Lipinski definition) is 2. The lowest BCUT2D eigenvalue weighted by molar-refractivity contribution is 0.0481. The topological polar surface area (TPSA) is 49.5 Å². The van der Waals surface area contributed by atoms with Gasteiger partial charge in [0.05, 0.1) is 5.60 Å². The molecule has 1 aliphatic heterocycles. The largest absolute Gasteiger partial charge is 0.390 e. The van der Waals surface area contributed by atoms with Crippen LogP contribution in [0.25, 0.3) is 0 Å². The number of hydrogen-bond acceptors (Lipinski definition) is 4. The average Bonchev–Trinajstić information content (AvgIpc) is 2.58. The first-order valence-corrected chi connectivity index (χ1v) is 8.13. The summed E-state index contributed by atoms with van der Waals surface area (Å²) < 4.78 is 0. The molecule has 2 rings (SSSR count). The molecular formula is C15H24N2OS. The Morgan fingerprint density at radius 2 is 2.16 bits per heavy atom. The smallest absolute Gasteiger partial charge is 0.0637 e. The van der Waals surface area contributed by atoms with Crippen LogP contribution in [0, 0.1) is 0 Å². The number of nitrogens with two attached hydrogens (primary N) is 1. The molecule has 0 amide bonds. The van der Waals surface area contributed by atoms with E-state index in [1.807, 2.05) is 6.92 Å². The summed E-state index contributed by atoms with van der Waals surface area (Å²) in [4.78, 5) is 3.64. The quantitative estimate of drug-likeness (QED) is 0.836. The van der Waals surface area contributed by atoms with E-state index in [0.717, 1.165) is 32.4 Å². The Morgan fingerprint density at radius 3 is 2.84 bits per heavy atom. The maximum atomic E-state index is 10.2. The molecule has 19 heavy (non-hydrogen) atoms. The van der Waals surface area contributed by atoms with Crippen LogP contribution >= 0.6 is 11.8 Å². The summed E-state index contributed by atoms with van der Waals surface area (Å²) in [5, 5.41) is 10.2. The van der Waals surface area contributed by atoms with Gasteiger partial charge in [-0.05, 0) is 44.6 Å². The van der Waals surface area contributed by atoms with Crippen molar-refractivity contribution in [3.63, 3.8) is 0 Å². The zero-order chi connectivity index (χ0) is 13.9. The maximum absolute atomic E-state index is 10.2. The zero-order valence-corrected chi connectivity index (χ0v) is 12.7. The molecule has 1 heterocycles. The number of anilines is 1. The molecule has 0 bridgehead atoms. The summed E-state index contributed by atoms with van der Waals surface area (Å²) >= 11 is 1.75. The zero-order valence-electron chi connectivity index (χ0n) is 11.9. The first kappa shape index (κ1) is 14.7. The Balaban J connectivity index is 2.26. The minimum absolute atomic E-state index is 0.519. The molecule has 1 aromatic carbocycles. The third-order valence-electron chi connectivity index (χ3n) is 3.94. The predicted molar refractivity (Wildman–Crippen MR) is 82.8 cm³/mol. The molecule has 0 aromatic heterocycles. The number of benzene rings is 1. The number of aliphatic hydroxyl groups is 1. The molecule has 1 unspecified atom stereocenters. The van der Waals surface area contributed by atoms with E-state index in [-0.39, 0.29) is 0 Å². The van der Waals surface area contributed by atoms with Gasteiger partial charge in [0.1, 0.15) is 0 Å². The average molecular weight is 280 g/mol. The highest BCUT2D eigenvalue weighted by Crippen LogP contribution is 2.32. The highest BCUT2D eigenvalue weighted by Gasteiger charge is 2.26. The van der Waals surface area contributed by atoms with Crippen LogP contribution in [-0.4, -0.2) is 30.1 Å². The van der Waals surface area contributed by atoms with Crippen molar-refractivity contribution in [3.05, 3.63) is 23.8 Å². The fourth-order valence-electron chi connectivity index (χ4n) is 2.75. The van der Waals surface area contributed by atoms with Crippen molar-refractivity contribution < 1.29 is 5.11 Å². The van der Waals surface area contributed by atoms with Gasteiger partial charge >= 0.3 is 0 Å². The Bertz CT molecular complexity index is 434. The molecular weight excluding hydrogens is 256 g/mol. The Labute approximate surface area is 120 Å². The highest BCUT2D eigenvalue weighted by molar-refractivity contribution is 7.98. The minimum Gasteiger partial charge on any atom is -0.390 e. The lowest BCUT2D eigenvalue weighted by Gasteiger charge is -2.27. The third-order valence-corrected chi connectivity index (χ3v) is 4.76. The van der Waals surface area contributed by atoms with Crippen molar-refractivity contribution in [3.8, 4) is 0 Å². The Kier molecular flexibility index (Phi) is 4.76. The van der Waals surface area contributed by atoms with E-state index in [9.17, 15) is 5.11 Å². The van der Waals surface area contributed by atoms with Gasteiger partial charge < -0.3 is 15.7 Å². The van der Waals surface area contributed by atoms with Crippen molar-refractivity contribution in [1.82, 2.24) is 0 Å². The van der Waals surface area contributed by atoms with Gasteiger partial charge in [-0.25, -0.2) is 0 Å². The standard InChI is InChI=1S/C15H24N2OS/c1-15(18)7-4-9-17(10-8-15)13-5-3-6-14(19-2)12(13)11-16/h3,5-6,18H,4,7-11,16H2,1-2H3. The lowest BCUT2D eigenvalue weighted by atomic mass is 9.98. The van der Waals surface area contributed by atoms with Crippen LogP contribution in [0.15, 0.2) is 23.1 Å². The van der Waals surface area contributed by atoms with Gasteiger partial charge in [-0.1, -0.05) is 6.07 Å². The maximum Gasteiger partial charge on any atom is 0.0637 e. The molecule has 3 nitrogen and oxygen atoms in total.